The number of piperidine rings is 1. The standard InChI is InChI=1S/C27H27FN4O2/c1-34-18-9-10-23-20(15-18)21(16-29-23)17-11-13-31(14-12-17)27(33)26-19-5-4-8-24(19)32(30-26)25-7-3-2-6-22(25)28/h2-3,6-7,9-10,15-17,29H,4-5,8,11-14H2,1H3. The summed E-state index contributed by atoms with van der Waals surface area (Å²) in [6.45, 7) is 1.36. The number of carbonyl (C=O) groups is 1. The number of fused-ring (bicyclic) bond motifs is 2. The summed E-state index contributed by atoms with van der Waals surface area (Å²) in [7, 11) is 1.68. The second kappa shape index (κ2) is 8.31. The highest BCUT2D eigenvalue weighted by Gasteiger charge is 2.32. The zero-order valence-electron chi connectivity index (χ0n) is 19.2. The topological polar surface area (TPSA) is 63.1 Å². The van der Waals surface area contributed by atoms with Crippen molar-refractivity contribution in [3.05, 3.63) is 77.0 Å². The van der Waals surface area contributed by atoms with Crippen LogP contribution in [-0.4, -0.2) is 45.8 Å². The van der Waals surface area contributed by atoms with Crippen molar-refractivity contribution >= 4 is 16.8 Å². The summed E-state index contributed by atoms with van der Waals surface area (Å²) < 4.78 is 21.5. The van der Waals surface area contributed by atoms with E-state index in [0.717, 1.165) is 54.6 Å². The summed E-state index contributed by atoms with van der Waals surface area (Å²) in [5, 5.41) is 5.82. The van der Waals surface area contributed by atoms with Crippen molar-refractivity contribution in [3.63, 3.8) is 0 Å². The number of halogens is 1. The van der Waals surface area contributed by atoms with Crippen molar-refractivity contribution in [1.82, 2.24) is 19.7 Å². The largest absolute Gasteiger partial charge is 0.497 e. The van der Waals surface area contributed by atoms with Crippen molar-refractivity contribution < 1.29 is 13.9 Å². The molecule has 1 N–H and O–H groups in total. The fraction of sp³-hybridized carbons (Fsp3) is 0.333. The minimum absolute atomic E-state index is 0.0349. The van der Waals surface area contributed by atoms with Gasteiger partial charge in [0.15, 0.2) is 5.69 Å². The molecule has 34 heavy (non-hydrogen) atoms. The summed E-state index contributed by atoms with van der Waals surface area (Å²) in [6.07, 6.45) is 6.48. The molecule has 0 radical (unpaired) electrons. The molecule has 174 valence electrons. The average Bonchev–Trinajstić information content (AvgIpc) is 3.59. The van der Waals surface area contributed by atoms with E-state index in [2.05, 4.69) is 22.3 Å². The number of nitrogens with one attached hydrogen (secondary N) is 1. The van der Waals surface area contributed by atoms with Gasteiger partial charge in [-0.3, -0.25) is 4.79 Å². The molecule has 6 nitrogen and oxygen atoms in total. The number of benzene rings is 2. The summed E-state index contributed by atoms with van der Waals surface area (Å²) in [5.74, 6) is 0.869. The van der Waals surface area contributed by atoms with Gasteiger partial charge in [0.1, 0.15) is 17.3 Å². The molecule has 2 aliphatic rings. The molecule has 2 aromatic heterocycles. The van der Waals surface area contributed by atoms with Crippen LogP contribution < -0.4 is 4.74 Å². The Morgan fingerprint density at radius 3 is 2.76 bits per heavy atom. The first-order valence-electron chi connectivity index (χ1n) is 11.9. The van der Waals surface area contributed by atoms with Crippen molar-refractivity contribution in [2.75, 3.05) is 20.2 Å². The Kier molecular flexibility index (Phi) is 5.12. The van der Waals surface area contributed by atoms with Gasteiger partial charge in [-0.1, -0.05) is 12.1 Å². The molecule has 7 heteroatoms. The van der Waals surface area contributed by atoms with E-state index in [4.69, 9.17) is 4.74 Å². The normalized spacial score (nSPS) is 16.2. The highest BCUT2D eigenvalue weighted by molar-refractivity contribution is 5.94. The van der Waals surface area contributed by atoms with E-state index in [0.29, 0.717) is 30.4 Å². The average molecular weight is 459 g/mol. The van der Waals surface area contributed by atoms with Crippen LogP contribution in [0, 0.1) is 5.82 Å². The van der Waals surface area contributed by atoms with Crippen LogP contribution in [0.4, 0.5) is 4.39 Å². The van der Waals surface area contributed by atoms with E-state index < -0.39 is 0 Å². The SMILES string of the molecule is COc1ccc2[nH]cc(C3CCN(C(=O)c4nn(-c5ccccc5F)c5c4CCC5)CC3)c2c1. The quantitative estimate of drug-likeness (QED) is 0.468. The van der Waals surface area contributed by atoms with Crippen molar-refractivity contribution in [2.45, 2.75) is 38.0 Å². The van der Waals surface area contributed by atoms with Crippen LogP contribution in [0.2, 0.25) is 0 Å². The van der Waals surface area contributed by atoms with Gasteiger partial charge in [0.05, 0.1) is 7.11 Å². The Bertz CT molecular complexity index is 1380. The fourth-order valence-corrected chi connectivity index (χ4v) is 5.56. The number of para-hydroxylation sites is 1. The van der Waals surface area contributed by atoms with Gasteiger partial charge in [-0.25, -0.2) is 9.07 Å². The Morgan fingerprint density at radius 1 is 1.15 bits per heavy atom. The van der Waals surface area contributed by atoms with Crippen molar-refractivity contribution in [3.8, 4) is 11.4 Å². The maximum atomic E-state index is 14.5. The molecule has 0 saturated carbocycles. The van der Waals surface area contributed by atoms with Gasteiger partial charge < -0.3 is 14.6 Å². The molecule has 0 bridgehead atoms. The van der Waals surface area contributed by atoms with Gasteiger partial charge in [-0.15, -0.1) is 0 Å². The van der Waals surface area contributed by atoms with Crippen LogP contribution in [0.3, 0.4) is 0 Å². The van der Waals surface area contributed by atoms with E-state index in [1.54, 1.807) is 30.0 Å². The molecule has 6 rings (SSSR count). The first kappa shape index (κ1) is 21.0. The highest BCUT2D eigenvalue weighted by Crippen LogP contribution is 2.36. The molecule has 2 aromatic carbocycles. The van der Waals surface area contributed by atoms with Crippen LogP contribution in [0.5, 0.6) is 5.75 Å². The number of aromatic amines is 1. The lowest BCUT2D eigenvalue weighted by Gasteiger charge is -2.31. The van der Waals surface area contributed by atoms with Crippen molar-refractivity contribution in [1.29, 1.82) is 0 Å². The van der Waals surface area contributed by atoms with Gasteiger partial charge in [0, 0.05) is 41.4 Å². The van der Waals surface area contributed by atoms with E-state index >= 15 is 0 Å². The predicted molar refractivity (Wildman–Crippen MR) is 128 cm³/mol. The number of hydrogen-bond acceptors (Lipinski definition) is 3. The lowest BCUT2D eigenvalue weighted by Crippen LogP contribution is -2.38. The number of amides is 1. The summed E-state index contributed by atoms with van der Waals surface area (Å²) in [6, 6.07) is 12.7. The molecule has 0 unspecified atom stereocenters. The number of ether oxygens (including phenoxy) is 1. The number of rotatable bonds is 4. The molecule has 1 fully saturated rings. The number of aromatic nitrogens is 3. The van der Waals surface area contributed by atoms with Crippen molar-refractivity contribution in [2.24, 2.45) is 0 Å². The molecule has 1 aliphatic carbocycles. The fourth-order valence-electron chi connectivity index (χ4n) is 5.56. The first-order valence-corrected chi connectivity index (χ1v) is 11.9. The molecular weight excluding hydrogens is 431 g/mol. The number of likely N-dealkylation sites (tertiary alicyclic amines) is 1. The van der Waals surface area contributed by atoms with Gasteiger partial charge in [0.2, 0.25) is 0 Å². The summed E-state index contributed by atoms with van der Waals surface area (Å²) in [5.41, 5.74) is 5.24. The van der Waals surface area contributed by atoms with Gasteiger partial charge >= 0.3 is 0 Å². The van der Waals surface area contributed by atoms with Crippen LogP contribution in [0.1, 0.15) is 52.5 Å². The number of H-pyrrole nitrogens is 1. The second-order valence-corrected chi connectivity index (χ2v) is 9.21. The van der Waals surface area contributed by atoms with E-state index in [-0.39, 0.29) is 11.7 Å². The number of carbonyl (C=O) groups excluding carboxylic acids is 1. The molecule has 0 spiro atoms. The van der Waals surface area contributed by atoms with Gasteiger partial charge in [-0.2, -0.15) is 5.10 Å². The Morgan fingerprint density at radius 2 is 1.97 bits per heavy atom. The Labute approximate surface area is 197 Å². The third-order valence-electron chi connectivity index (χ3n) is 7.36. The van der Waals surface area contributed by atoms with Crippen LogP contribution in [-0.2, 0) is 12.8 Å². The molecule has 4 aromatic rings. The maximum Gasteiger partial charge on any atom is 0.274 e. The molecule has 1 saturated heterocycles. The second-order valence-electron chi connectivity index (χ2n) is 9.21. The minimum atomic E-state index is -0.324. The van der Waals surface area contributed by atoms with E-state index in [1.165, 1.54) is 17.0 Å². The minimum Gasteiger partial charge on any atom is -0.497 e. The van der Waals surface area contributed by atoms with E-state index in [9.17, 15) is 9.18 Å². The van der Waals surface area contributed by atoms with Gasteiger partial charge in [-0.05, 0) is 73.9 Å². The molecular formula is C27H27FN4O2. The Hall–Kier alpha value is -3.61. The lowest BCUT2D eigenvalue weighted by molar-refractivity contribution is 0.0705. The molecule has 1 aliphatic heterocycles. The smallest absolute Gasteiger partial charge is 0.274 e. The third kappa shape index (κ3) is 3.38. The van der Waals surface area contributed by atoms with Gasteiger partial charge in [0.25, 0.3) is 5.91 Å². The number of methoxy groups -OCH3 is 1. The number of nitrogens with zero attached hydrogens (tertiary/aromatic N) is 3. The maximum absolute atomic E-state index is 14.5. The van der Waals surface area contributed by atoms with E-state index in [1.807, 2.05) is 17.0 Å². The molecule has 1 amide bonds. The summed E-state index contributed by atoms with van der Waals surface area (Å²) in [4.78, 5) is 18.8. The molecule has 0 atom stereocenters. The zero-order valence-corrected chi connectivity index (χ0v) is 19.2. The highest BCUT2D eigenvalue weighted by atomic mass is 19.1. The number of hydrogen-bond donors (Lipinski definition) is 1. The van der Waals surface area contributed by atoms with Crippen LogP contribution in [0.15, 0.2) is 48.7 Å². The zero-order chi connectivity index (χ0) is 23.2. The Balaban J connectivity index is 1.23. The lowest BCUT2D eigenvalue weighted by atomic mass is 9.89. The monoisotopic (exact) mass is 458 g/mol. The van der Waals surface area contributed by atoms with Crippen LogP contribution >= 0.6 is 0 Å². The summed E-state index contributed by atoms with van der Waals surface area (Å²) >= 11 is 0. The van der Waals surface area contributed by atoms with Crippen LogP contribution in [0.25, 0.3) is 16.6 Å². The third-order valence-corrected chi connectivity index (χ3v) is 7.36. The molecule has 3 heterocycles. The first-order chi connectivity index (χ1) is 16.6. The predicted octanol–water partition coefficient (Wildman–Crippen LogP) is 5.01.